The molecule has 124 valence electrons. The van der Waals surface area contributed by atoms with Crippen molar-refractivity contribution >= 4 is 22.8 Å². The number of ketones is 1. The first-order valence-electron chi connectivity index (χ1n) is 7.75. The molecule has 7 heteroatoms. The molecule has 3 rings (SSSR count). The van der Waals surface area contributed by atoms with Crippen LogP contribution in [0.25, 0.3) is 0 Å². The van der Waals surface area contributed by atoms with E-state index in [1.54, 1.807) is 24.5 Å². The Kier molecular flexibility index (Phi) is 4.41. The number of carbonyl (C=O) groups is 1. The number of hydrogen-bond acceptors (Lipinski definition) is 6. The minimum atomic E-state index is -0.420. The van der Waals surface area contributed by atoms with E-state index in [4.69, 9.17) is 0 Å². The van der Waals surface area contributed by atoms with Gasteiger partial charge in [-0.1, -0.05) is 0 Å². The van der Waals surface area contributed by atoms with Gasteiger partial charge in [0.2, 0.25) is 0 Å². The summed E-state index contributed by atoms with van der Waals surface area (Å²) in [5.41, 5.74) is 2.02. The Morgan fingerprint density at radius 1 is 1.08 bits per heavy atom. The third kappa shape index (κ3) is 3.19. The minimum absolute atomic E-state index is 0.0138. The van der Waals surface area contributed by atoms with Crippen molar-refractivity contribution in [1.82, 2.24) is 4.98 Å². The molecule has 0 radical (unpaired) electrons. The van der Waals surface area contributed by atoms with Crippen LogP contribution in [0.3, 0.4) is 0 Å². The number of piperazine rings is 1. The molecular weight excluding hydrogens is 308 g/mol. The number of carbonyl (C=O) groups excluding carboxylic acids is 1. The number of rotatable bonds is 4. The van der Waals surface area contributed by atoms with E-state index in [9.17, 15) is 14.9 Å². The lowest BCUT2D eigenvalue weighted by Crippen LogP contribution is -2.46. The lowest BCUT2D eigenvalue weighted by molar-refractivity contribution is -0.384. The molecule has 1 aliphatic rings. The van der Waals surface area contributed by atoms with Crippen molar-refractivity contribution in [2.45, 2.75) is 6.92 Å². The van der Waals surface area contributed by atoms with Gasteiger partial charge in [0, 0.05) is 55.9 Å². The maximum Gasteiger partial charge on any atom is 0.293 e. The molecule has 0 saturated carbocycles. The molecule has 0 atom stereocenters. The number of pyridine rings is 1. The van der Waals surface area contributed by atoms with Gasteiger partial charge in [0.05, 0.1) is 4.92 Å². The zero-order valence-corrected chi connectivity index (χ0v) is 13.4. The van der Waals surface area contributed by atoms with Crippen LogP contribution in [0.4, 0.5) is 17.1 Å². The third-order valence-electron chi connectivity index (χ3n) is 4.23. The highest BCUT2D eigenvalue weighted by atomic mass is 16.6. The Morgan fingerprint density at radius 3 is 2.29 bits per heavy atom. The molecule has 0 spiro atoms. The van der Waals surface area contributed by atoms with E-state index in [2.05, 4.69) is 9.88 Å². The summed E-state index contributed by atoms with van der Waals surface area (Å²) in [6, 6.07) is 8.61. The van der Waals surface area contributed by atoms with Crippen LogP contribution in [0.2, 0.25) is 0 Å². The summed E-state index contributed by atoms with van der Waals surface area (Å²) in [7, 11) is 0. The zero-order chi connectivity index (χ0) is 17.1. The number of nitro groups is 1. The fraction of sp³-hybridized carbons (Fsp3) is 0.294. The Morgan fingerprint density at radius 2 is 1.71 bits per heavy atom. The molecule has 1 saturated heterocycles. The van der Waals surface area contributed by atoms with Crippen LogP contribution in [-0.2, 0) is 0 Å². The van der Waals surface area contributed by atoms with Crippen LogP contribution in [-0.4, -0.2) is 41.9 Å². The van der Waals surface area contributed by atoms with Gasteiger partial charge >= 0.3 is 0 Å². The zero-order valence-electron chi connectivity index (χ0n) is 13.4. The summed E-state index contributed by atoms with van der Waals surface area (Å²) in [5, 5.41) is 11.4. The summed E-state index contributed by atoms with van der Waals surface area (Å²) in [4.78, 5) is 30.7. The van der Waals surface area contributed by atoms with Crippen molar-refractivity contribution in [3.8, 4) is 0 Å². The number of Topliss-reactive ketones (excluding diaryl/α,β-unsaturated/α-hetero) is 1. The fourth-order valence-electron chi connectivity index (χ4n) is 2.92. The maximum atomic E-state index is 11.5. The number of benzene rings is 1. The largest absolute Gasteiger partial charge is 0.368 e. The van der Waals surface area contributed by atoms with Crippen molar-refractivity contribution in [2.75, 3.05) is 36.0 Å². The monoisotopic (exact) mass is 326 g/mol. The predicted molar refractivity (Wildman–Crippen MR) is 91.8 cm³/mol. The highest BCUT2D eigenvalue weighted by Crippen LogP contribution is 2.30. The van der Waals surface area contributed by atoms with Gasteiger partial charge in [-0.05, 0) is 31.2 Å². The molecule has 0 N–H and O–H groups in total. The summed E-state index contributed by atoms with van der Waals surface area (Å²) in [5.74, 6) is -0.174. The summed E-state index contributed by atoms with van der Waals surface area (Å²) in [6.45, 7) is 4.32. The minimum Gasteiger partial charge on any atom is -0.368 e. The molecule has 0 aliphatic carbocycles. The van der Waals surface area contributed by atoms with E-state index in [1.165, 1.54) is 13.0 Å². The third-order valence-corrected chi connectivity index (χ3v) is 4.23. The predicted octanol–water partition coefficient (Wildman–Crippen LogP) is 2.52. The van der Waals surface area contributed by atoms with Crippen molar-refractivity contribution in [3.63, 3.8) is 0 Å². The van der Waals surface area contributed by atoms with Crippen LogP contribution in [0.15, 0.2) is 42.7 Å². The molecule has 1 aliphatic heterocycles. The van der Waals surface area contributed by atoms with Crippen LogP contribution in [0.1, 0.15) is 17.3 Å². The van der Waals surface area contributed by atoms with Crippen LogP contribution in [0, 0.1) is 10.1 Å². The summed E-state index contributed by atoms with van der Waals surface area (Å²) in [6.07, 6.45) is 3.51. The van der Waals surface area contributed by atoms with Gasteiger partial charge in [-0.3, -0.25) is 19.9 Å². The molecule has 0 amide bonds. The van der Waals surface area contributed by atoms with E-state index in [0.29, 0.717) is 24.3 Å². The maximum absolute atomic E-state index is 11.5. The van der Waals surface area contributed by atoms with Gasteiger partial charge in [-0.15, -0.1) is 0 Å². The molecule has 0 unspecified atom stereocenters. The Labute approximate surface area is 139 Å². The lowest BCUT2D eigenvalue weighted by Gasteiger charge is -2.37. The quantitative estimate of drug-likeness (QED) is 0.488. The number of nitro benzene ring substituents is 1. The summed E-state index contributed by atoms with van der Waals surface area (Å²) >= 11 is 0. The van der Waals surface area contributed by atoms with E-state index < -0.39 is 4.92 Å². The van der Waals surface area contributed by atoms with Gasteiger partial charge in [-0.2, -0.15) is 0 Å². The van der Waals surface area contributed by atoms with E-state index in [0.717, 1.165) is 18.8 Å². The van der Waals surface area contributed by atoms with Crippen molar-refractivity contribution in [1.29, 1.82) is 0 Å². The van der Waals surface area contributed by atoms with Crippen LogP contribution < -0.4 is 9.80 Å². The van der Waals surface area contributed by atoms with Gasteiger partial charge in [-0.25, -0.2) is 0 Å². The van der Waals surface area contributed by atoms with Gasteiger partial charge < -0.3 is 9.80 Å². The Hall–Kier alpha value is -2.96. The normalized spacial score (nSPS) is 14.5. The van der Waals surface area contributed by atoms with E-state index in [-0.39, 0.29) is 11.5 Å². The molecule has 0 bridgehead atoms. The summed E-state index contributed by atoms with van der Waals surface area (Å²) < 4.78 is 0. The molecule has 2 heterocycles. The first kappa shape index (κ1) is 15.9. The van der Waals surface area contributed by atoms with Crippen molar-refractivity contribution in [3.05, 3.63) is 58.4 Å². The van der Waals surface area contributed by atoms with Crippen LogP contribution >= 0.6 is 0 Å². The average molecular weight is 326 g/mol. The number of anilines is 2. The van der Waals surface area contributed by atoms with Crippen molar-refractivity contribution in [2.24, 2.45) is 0 Å². The SMILES string of the molecule is CC(=O)c1ccc(N2CCN(c3ccncc3)CC2)c([N+](=O)[O-])c1. The van der Waals surface area contributed by atoms with E-state index in [1.807, 2.05) is 17.0 Å². The Bertz CT molecular complexity index is 756. The second kappa shape index (κ2) is 6.66. The molecule has 7 nitrogen and oxygen atoms in total. The van der Waals surface area contributed by atoms with Gasteiger partial charge in [0.25, 0.3) is 5.69 Å². The fourth-order valence-corrected chi connectivity index (χ4v) is 2.92. The molecule has 1 aromatic heterocycles. The number of hydrogen-bond donors (Lipinski definition) is 0. The van der Waals surface area contributed by atoms with E-state index >= 15 is 0 Å². The smallest absolute Gasteiger partial charge is 0.293 e. The second-order valence-corrected chi connectivity index (χ2v) is 5.70. The number of aromatic nitrogens is 1. The number of nitrogens with zero attached hydrogens (tertiary/aromatic N) is 4. The highest BCUT2D eigenvalue weighted by molar-refractivity contribution is 5.95. The molecule has 2 aromatic rings. The molecule has 1 aromatic carbocycles. The topological polar surface area (TPSA) is 79.6 Å². The van der Waals surface area contributed by atoms with Gasteiger partial charge in [0.15, 0.2) is 5.78 Å². The first-order chi connectivity index (χ1) is 11.6. The van der Waals surface area contributed by atoms with Gasteiger partial charge in [0.1, 0.15) is 5.69 Å². The molecular formula is C17H18N4O3. The van der Waals surface area contributed by atoms with Crippen LogP contribution in [0.5, 0.6) is 0 Å². The highest BCUT2D eigenvalue weighted by Gasteiger charge is 2.24. The standard InChI is InChI=1S/C17H18N4O3/c1-13(22)14-2-3-16(17(12-14)21(23)24)20-10-8-19(9-11-20)15-4-6-18-7-5-15/h2-7,12H,8-11H2,1H3. The lowest BCUT2D eigenvalue weighted by atomic mass is 10.1. The Balaban J connectivity index is 1.79. The first-order valence-corrected chi connectivity index (χ1v) is 7.75. The molecule has 24 heavy (non-hydrogen) atoms. The second-order valence-electron chi connectivity index (χ2n) is 5.70. The van der Waals surface area contributed by atoms with Crippen molar-refractivity contribution < 1.29 is 9.72 Å². The molecule has 1 fully saturated rings. The average Bonchev–Trinajstić information content (AvgIpc) is 2.62.